The molecule has 1 aliphatic rings. The SMILES string of the molecule is CCNS(=O)(=O)c1ccc(-c2cccc3cnc(Nc4cccc(N5CCN(CC)CC5)c4)nc23)cc1. The van der Waals surface area contributed by atoms with Gasteiger partial charge in [0.1, 0.15) is 0 Å². The van der Waals surface area contributed by atoms with E-state index in [9.17, 15) is 8.42 Å². The molecule has 0 spiro atoms. The van der Waals surface area contributed by atoms with Crippen LogP contribution in [0.15, 0.2) is 77.8 Å². The number of hydrogen-bond donors (Lipinski definition) is 2. The van der Waals surface area contributed by atoms with Gasteiger partial charge in [-0.25, -0.2) is 23.1 Å². The Balaban J connectivity index is 1.40. The fraction of sp³-hybridized carbons (Fsp3) is 0.286. The quantitative estimate of drug-likeness (QED) is 0.357. The van der Waals surface area contributed by atoms with Crippen LogP contribution < -0.4 is 14.9 Å². The fourth-order valence-corrected chi connectivity index (χ4v) is 5.71. The lowest BCUT2D eigenvalue weighted by atomic mass is 10.0. The molecule has 1 fully saturated rings. The lowest BCUT2D eigenvalue weighted by Crippen LogP contribution is -2.46. The van der Waals surface area contributed by atoms with Crippen LogP contribution in [0.2, 0.25) is 0 Å². The van der Waals surface area contributed by atoms with Crippen LogP contribution in [0.25, 0.3) is 22.0 Å². The standard InChI is InChI=1S/C28H32N6O2S/c1-3-30-37(35,36)25-13-11-21(12-14-25)26-10-5-7-22-20-29-28(32-27(22)26)31-23-8-6-9-24(19-23)34-17-15-33(4-2)16-18-34/h5-14,19-20,30H,3-4,15-18H2,1-2H3,(H,29,31,32). The van der Waals surface area contributed by atoms with Crippen LogP contribution in [0, 0.1) is 0 Å². The number of sulfonamides is 1. The van der Waals surface area contributed by atoms with Gasteiger partial charge in [-0.2, -0.15) is 0 Å². The van der Waals surface area contributed by atoms with Crippen LogP contribution in [0.5, 0.6) is 0 Å². The predicted molar refractivity (Wildman–Crippen MR) is 150 cm³/mol. The van der Waals surface area contributed by atoms with Crippen molar-refractivity contribution in [3.8, 4) is 11.1 Å². The summed E-state index contributed by atoms with van der Waals surface area (Å²) < 4.78 is 27.2. The van der Waals surface area contributed by atoms with E-state index >= 15 is 0 Å². The zero-order valence-electron chi connectivity index (χ0n) is 21.2. The topological polar surface area (TPSA) is 90.5 Å². The summed E-state index contributed by atoms with van der Waals surface area (Å²) in [7, 11) is -3.50. The highest BCUT2D eigenvalue weighted by molar-refractivity contribution is 7.89. The molecule has 0 radical (unpaired) electrons. The van der Waals surface area contributed by atoms with Gasteiger partial charge in [0.05, 0.1) is 10.4 Å². The maximum atomic E-state index is 12.3. The largest absolute Gasteiger partial charge is 0.369 e. The number of para-hydroxylation sites is 1. The van der Waals surface area contributed by atoms with Crippen LogP contribution in [0.4, 0.5) is 17.3 Å². The number of nitrogens with one attached hydrogen (secondary N) is 2. The maximum absolute atomic E-state index is 12.3. The first-order valence-corrected chi connectivity index (χ1v) is 14.2. The minimum atomic E-state index is -3.50. The van der Waals surface area contributed by atoms with Crippen molar-refractivity contribution in [1.29, 1.82) is 0 Å². The zero-order valence-corrected chi connectivity index (χ0v) is 22.0. The van der Waals surface area contributed by atoms with Gasteiger partial charge in [-0.15, -0.1) is 0 Å². The van der Waals surface area contributed by atoms with Gasteiger partial charge in [-0.1, -0.05) is 50.2 Å². The van der Waals surface area contributed by atoms with Crippen molar-refractivity contribution in [2.75, 3.05) is 49.5 Å². The summed E-state index contributed by atoms with van der Waals surface area (Å²) in [6.45, 7) is 9.59. The molecule has 0 saturated carbocycles. The third-order valence-electron chi connectivity index (χ3n) is 6.71. The number of aromatic nitrogens is 2. The van der Waals surface area contributed by atoms with Crippen LogP contribution in [-0.4, -0.2) is 62.6 Å². The molecule has 192 valence electrons. The van der Waals surface area contributed by atoms with Gasteiger partial charge in [0.15, 0.2) is 0 Å². The van der Waals surface area contributed by atoms with Crippen LogP contribution in [0.1, 0.15) is 13.8 Å². The molecule has 37 heavy (non-hydrogen) atoms. The molecular weight excluding hydrogens is 484 g/mol. The highest BCUT2D eigenvalue weighted by Crippen LogP contribution is 2.29. The number of nitrogens with zero attached hydrogens (tertiary/aromatic N) is 4. The Morgan fingerprint density at radius 3 is 2.41 bits per heavy atom. The molecule has 0 bridgehead atoms. The number of rotatable bonds is 8. The van der Waals surface area contributed by atoms with E-state index in [0.717, 1.165) is 60.4 Å². The second-order valence-electron chi connectivity index (χ2n) is 9.06. The van der Waals surface area contributed by atoms with E-state index in [1.54, 1.807) is 19.1 Å². The lowest BCUT2D eigenvalue weighted by molar-refractivity contribution is 0.271. The van der Waals surface area contributed by atoms with Gasteiger partial charge in [-0.3, -0.25) is 0 Å². The van der Waals surface area contributed by atoms with Crippen molar-refractivity contribution in [2.45, 2.75) is 18.7 Å². The summed E-state index contributed by atoms with van der Waals surface area (Å²) in [6.07, 6.45) is 1.81. The maximum Gasteiger partial charge on any atom is 0.240 e. The van der Waals surface area contributed by atoms with E-state index in [0.29, 0.717) is 12.5 Å². The Morgan fingerprint density at radius 1 is 0.919 bits per heavy atom. The first-order chi connectivity index (χ1) is 18.0. The van der Waals surface area contributed by atoms with Crippen molar-refractivity contribution in [3.63, 3.8) is 0 Å². The fourth-order valence-electron chi connectivity index (χ4n) is 4.67. The zero-order chi connectivity index (χ0) is 25.8. The van der Waals surface area contributed by atoms with Crippen molar-refractivity contribution in [3.05, 3.63) is 72.9 Å². The molecule has 1 aliphatic heterocycles. The molecule has 1 aromatic heterocycles. The lowest BCUT2D eigenvalue weighted by Gasteiger charge is -2.35. The molecule has 1 saturated heterocycles. The van der Waals surface area contributed by atoms with Gasteiger partial charge in [0.2, 0.25) is 16.0 Å². The molecular formula is C28H32N6O2S. The first kappa shape index (κ1) is 25.1. The van der Waals surface area contributed by atoms with E-state index in [-0.39, 0.29) is 4.90 Å². The van der Waals surface area contributed by atoms with Crippen LogP contribution in [-0.2, 0) is 10.0 Å². The molecule has 0 unspecified atom stereocenters. The highest BCUT2D eigenvalue weighted by atomic mass is 32.2. The summed E-state index contributed by atoms with van der Waals surface area (Å²) >= 11 is 0. The summed E-state index contributed by atoms with van der Waals surface area (Å²) in [5.74, 6) is 0.513. The highest BCUT2D eigenvalue weighted by Gasteiger charge is 2.17. The Morgan fingerprint density at radius 2 is 1.68 bits per heavy atom. The third-order valence-corrected chi connectivity index (χ3v) is 8.27. The number of benzene rings is 3. The molecule has 2 N–H and O–H groups in total. The second kappa shape index (κ2) is 10.8. The van der Waals surface area contributed by atoms with Crippen molar-refractivity contribution in [1.82, 2.24) is 19.6 Å². The van der Waals surface area contributed by atoms with E-state index in [4.69, 9.17) is 4.98 Å². The monoisotopic (exact) mass is 516 g/mol. The Bertz CT molecular complexity index is 1480. The molecule has 3 aromatic carbocycles. The third kappa shape index (κ3) is 5.58. The van der Waals surface area contributed by atoms with Gasteiger partial charge in [-0.05, 0) is 42.4 Å². The Labute approximate surface area is 218 Å². The van der Waals surface area contributed by atoms with E-state index in [2.05, 4.69) is 49.9 Å². The van der Waals surface area contributed by atoms with Gasteiger partial charge in [0.25, 0.3) is 0 Å². The summed E-state index contributed by atoms with van der Waals surface area (Å²) in [5.41, 5.74) is 4.73. The van der Waals surface area contributed by atoms with Gasteiger partial charge < -0.3 is 15.1 Å². The number of hydrogen-bond acceptors (Lipinski definition) is 7. The minimum absolute atomic E-state index is 0.242. The smallest absolute Gasteiger partial charge is 0.240 e. The summed E-state index contributed by atoms with van der Waals surface area (Å²) in [5, 5.41) is 4.28. The molecule has 9 heteroatoms. The van der Waals surface area contributed by atoms with Crippen LogP contribution >= 0.6 is 0 Å². The van der Waals surface area contributed by atoms with Gasteiger partial charge >= 0.3 is 0 Å². The van der Waals surface area contributed by atoms with Crippen molar-refractivity contribution < 1.29 is 8.42 Å². The normalized spacial score (nSPS) is 14.7. The first-order valence-electron chi connectivity index (χ1n) is 12.7. The predicted octanol–water partition coefficient (Wildman–Crippen LogP) is 4.48. The molecule has 0 aliphatic carbocycles. The molecule has 2 heterocycles. The molecule has 0 atom stereocenters. The van der Waals surface area contributed by atoms with Gasteiger partial charge in [0, 0.05) is 61.2 Å². The summed E-state index contributed by atoms with van der Waals surface area (Å²) in [6, 6.07) is 21.2. The minimum Gasteiger partial charge on any atom is -0.369 e. The van der Waals surface area contributed by atoms with E-state index < -0.39 is 10.0 Å². The summed E-state index contributed by atoms with van der Waals surface area (Å²) in [4.78, 5) is 14.5. The van der Waals surface area contributed by atoms with Crippen LogP contribution in [0.3, 0.4) is 0 Å². The van der Waals surface area contributed by atoms with Crippen molar-refractivity contribution >= 4 is 38.2 Å². The molecule has 8 nitrogen and oxygen atoms in total. The van der Waals surface area contributed by atoms with E-state index in [1.807, 2.05) is 42.6 Å². The second-order valence-corrected chi connectivity index (χ2v) is 10.8. The Hall–Kier alpha value is -3.53. The number of fused-ring (bicyclic) bond motifs is 1. The molecule has 0 amide bonds. The van der Waals surface area contributed by atoms with E-state index in [1.165, 1.54) is 5.69 Å². The molecule has 5 rings (SSSR count). The number of anilines is 3. The molecule has 4 aromatic rings. The average molecular weight is 517 g/mol. The Kier molecular flexibility index (Phi) is 7.36. The average Bonchev–Trinajstić information content (AvgIpc) is 2.93. The number of likely N-dealkylation sites (N-methyl/N-ethyl adjacent to an activating group) is 1. The number of piperazine rings is 1. The van der Waals surface area contributed by atoms with Crippen molar-refractivity contribution in [2.24, 2.45) is 0 Å².